The van der Waals surface area contributed by atoms with Crippen LogP contribution in [0.25, 0.3) is 0 Å². The van der Waals surface area contributed by atoms with Crippen LogP contribution in [0.1, 0.15) is 36.9 Å². The van der Waals surface area contributed by atoms with Gasteiger partial charge in [-0.2, -0.15) is 4.31 Å². The Balaban J connectivity index is 1.44. The minimum atomic E-state index is -3.50. The number of thioether (sulfide) groups is 1. The number of rotatable bonds is 8. The maximum atomic E-state index is 13.0. The second-order valence-electron chi connectivity index (χ2n) is 7.97. The van der Waals surface area contributed by atoms with Crippen LogP contribution in [-0.4, -0.2) is 42.0 Å². The SMILES string of the molecule is CC(Sc1ccc(S(=O)(=O)N2CCCC2)cn1)C(=O)NC(c1ccccc1)c1ccccc1. The fourth-order valence-electron chi connectivity index (χ4n) is 3.81. The first-order valence-electron chi connectivity index (χ1n) is 11.0. The molecule has 1 aliphatic rings. The number of hydrogen-bond acceptors (Lipinski definition) is 5. The molecule has 2 aromatic carbocycles. The molecule has 1 atom stereocenters. The molecule has 1 saturated heterocycles. The van der Waals surface area contributed by atoms with Crippen molar-refractivity contribution in [2.24, 2.45) is 0 Å². The fourth-order valence-corrected chi connectivity index (χ4v) is 6.07. The summed E-state index contributed by atoms with van der Waals surface area (Å²) in [5.74, 6) is -0.117. The van der Waals surface area contributed by atoms with Crippen molar-refractivity contribution in [1.29, 1.82) is 0 Å². The standard InChI is InChI=1S/C25H27N3O3S2/c1-19(32-23-15-14-22(18-26-23)33(30,31)28-16-8-9-17-28)25(29)27-24(20-10-4-2-5-11-20)21-12-6-3-7-13-21/h2-7,10-15,18-19,24H,8-9,16-17H2,1H3,(H,27,29). The fraction of sp³-hybridized carbons (Fsp3) is 0.280. The van der Waals surface area contributed by atoms with Crippen molar-refractivity contribution in [2.75, 3.05) is 13.1 Å². The van der Waals surface area contributed by atoms with Gasteiger partial charge >= 0.3 is 0 Å². The summed E-state index contributed by atoms with van der Waals surface area (Å²) in [5.41, 5.74) is 2.01. The number of sulfonamides is 1. The summed E-state index contributed by atoms with van der Waals surface area (Å²) < 4.78 is 26.9. The van der Waals surface area contributed by atoms with Crippen LogP contribution in [0.15, 0.2) is 88.9 Å². The van der Waals surface area contributed by atoms with E-state index in [1.165, 1.54) is 22.3 Å². The lowest BCUT2D eigenvalue weighted by atomic mass is 9.98. The number of hydrogen-bond donors (Lipinski definition) is 1. The van der Waals surface area contributed by atoms with Gasteiger partial charge in [0.2, 0.25) is 15.9 Å². The van der Waals surface area contributed by atoms with Crippen LogP contribution in [0.3, 0.4) is 0 Å². The van der Waals surface area contributed by atoms with Crippen molar-refractivity contribution >= 4 is 27.7 Å². The lowest BCUT2D eigenvalue weighted by Crippen LogP contribution is -2.35. The molecule has 6 nitrogen and oxygen atoms in total. The molecule has 33 heavy (non-hydrogen) atoms. The molecule has 0 aliphatic carbocycles. The zero-order chi connectivity index (χ0) is 23.3. The summed E-state index contributed by atoms with van der Waals surface area (Å²) in [7, 11) is -3.50. The number of aromatic nitrogens is 1. The average molecular weight is 482 g/mol. The zero-order valence-electron chi connectivity index (χ0n) is 18.4. The number of pyridine rings is 1. The van der Waals surface area contributed by atoms with Gasteiger partial charge in [0.25, 0.3) is 0 Å². The topological polar surface area (TPSA) is 79.4 Å². The van der Waals surface area contributed by atoms with E-state index in [0.717, 1.165) is 24.0 Å². The number of amides is 1. The van der Waals surface area contributed by atoms with Crippen LogP contribution in [-0.2, 0) is 14.8 Å². The summed E-state index contributed by atoms with van der Waals surface area (Å²) in [6.45, 7) is 2.93. The van der Waals surface area contributed by atoms with Gasteiger partial charge in [0.1, 0.15) is 4.90 Å². The number of carbonyl (C=O) groups is 1. The molecule has 172 valence electrons. The minimum Gasteiger partial charge on any atom is -0.344 e. The molecule has 0 radical (unpaired) electrons. The smallest absolute Gasteiger partial charge is 0.244 e. The molecule has 0 spiro atoms. The van der Waals surface area contributed by atoms with E-state index in [0.29, 0.717) is 18.1 Å². The van der Waals surface area contributed by atoms with E-state index >= 15 is 0 Å². The van der Waals surface area contributed by atoms with Crippen molar-refractivity contribution in [3.63, 3.8) is 0 Å². The Bertz CT molecular complexity index is 1130. The highest BCUT2D eigenvalue weighted by molar-refractivity contribution is 8.00. The summed E-state index contributed by atoms with van der Waals surface area (Å²) in [6, 6.07) is 22.7. The largest absolute Gasteiger partial charge is 0.344 e. The van der Waals surface area contributed by atoms with E-state index in [1.54, 1.807) is 12.1 Å². The molecular weight excluding hydrogens is 454 g/mol. The van der Waals surface area contributed by atoms with Gasteiger partial charge in [0.05, 0.1) is 16.3 Å². The molecule has 1 unspecified atom stereocenters. The second kappa shape index (κ2) is 10.5. The zero-order valence-corrected chi connectivity index (χ0v) is 20.1. The molecule has 3 aromatic rings. The molecule has 1 amide bonds. The maximum absolute atomic E-state index is 13.0. The van der Waals surface area contributed by atoms with Crippen molar-refractivity contribution in [3.8, 4) is 0 Å². The van der Waals surface area contributed by atoms with Gasteiger partial charge in [-0.25, -0.2) is 13.4 Å². The number of nitrogens with zero attached hydrogens (tertiary/aromatic N) is 2. The van der Waals surface area contributed by atoms with E-state index in [2.05, 4.69) is 10.3 Å². The molecule has 1 aromatic heterocycles. The molecule has 0 bridgehead atoms. The van der Waals surface area contributed by atoms with Crippen molar-refractivity contribution < 1.29 is 13.2 Å². The third-order valence-electron chi connectivity index (χ3n) is 5.63. The Morgan fingerprint density at radius 2 is 1.52 bits per heavy atom. The Hall–Kier alpha value is -2.68. The number of benzene rings is 2. The third-order valence-corrected chi connectivity index (χ3v) is 8.56. The van der Waals surface area contributed by atoms with Gasteiger partial charge in [-0.15, -0.1) is 0 Å². The van der Waals surface area contributed by atoms with Gasteiger partial charge in [-0.05, 0) is 43.0 Å². The molecule has 1 aliphatic heterocycles. The first-order chi connectivity index (χ1) is 15.9. The van der Waals surface area contributed by atoms with Crippen molar-refractivity contribution in [2.45, 2.75) is 41.0 Å². The Kier molecular flexibility index (Phi) is 7.47. The highest BCUT2D eigenvalue weighted by atomic mass is 32.2. The van der Waals surface area contributed by atoms with Gasteiger partial charge in [-0.1, -0.05) is 72.4 Å². The first-order valence-corrected chi connectivity index (χ1v) is 13.3. The second-order valence-corrected chi connectivity index (χ2v) is 11.3. The predicted octanol–water partition coefficient (Wildman–Crippen LogP) is 4.25. The summed E-state index contributed by atoms with van der Waals surface area (Å²) in [4.78, 5) is 17.5. The summed E-state index contributed by atoms with van der Waals surface area (Å²) >= 11 is 1.30. The van der Waals surface area contributed by atoms with Crippen LogP contribution in [0, 0.1) is 0 Å². The molecule has 8 heteroatoms. The monoisotopic (exact) mass is 481 g/mol. The Labute approximate surface area is 199 Å². The molecule has 1 fully saturated rings. The third kappa shape index (κ3) is 5.63. The van der Waals surface area contributed by atoms with Crippen molar-refractivity contribution in [3.05, 3.63) is 90.1 Å². The van der Waals surface area contributed by atoms with E-state index in [4.69, 9.17) is 0 Å². The maximum Gasteiger partial charge on any atom is 0.244 e. The van der Waals surface area contributed by atoms with Gasteiger partial charge < -0.3 is 5.32 Å². The van der Waals surface area contributed by atoms with Crippen molar-refractivity contribution in [1.82, 2.24) is 14.6 Å². The lowest BCUT2D eigenvalue weighted by Gasteiger charge is -2.22. The van der Waals surface area contributed by atoms with Crippen LogP contribution in [0.4, 0.5) is 0 Å². The van der Waals surface area contributed by atoms with E-state index in [9.17, 15) is 13.2 Å². The molecule has 1 N–H and O–H groups in total. The van der Waals surface area contributed by atoms with Crippen LogP contribution in [0.5, 0.6) is 0 Å². The Morgan fingerprint density at radius 3 is 2.03 bits per heavy atom. The van der Waals surface area contributed by atoms with Crippen LogP contribution in [0.2, 0.25) is 0 Å². The molecule has 2 heterocycles. The number of carbonyl (C=O) groups excluding carboxylic acids is 1. The van der Waals surface area contributed by atoms with Gasteiger partial charge in [-0.3, -0.25) is 4.79 Å². The quantitative estimate of drug-likeness (QED) is 0.487. The molecule has 0 saturated carbocycles. The highest BCUT2D eigenvalue weighted by Gasteiger charge is 2.28. The highest BCUT2D eigenvalue weighted by Crippen LogP contribution is 2.27. The Morgan fingerprint density at radius 1 is 0.939 bits per heavy atom. The summed E-state index contributed by atoms with van der Waals surface area (Å²) in [5, 5.41) is 3.35. The lowest BCUT2D eigenvalue weighted by molar-refractivity contribution is -0.120. The van der Waals surface area contributed by atoms with Gasteiger partial charge in [0, 0.05) is 19.3 Å². The van der Waals surface area contributed by atoms with E-state index < -0.39 is 15.3 Å². The molecule has 4 rings (SSSR count). The van der Waals surface area contributed by atoms with Gasteiger partial charge in [0.15, 0.2) is 0 Å². The normalized spacial score (nSPS) is 15.5. The van der Waals surface area contributed by atoms with Crippen LogP contribution >= 0.6 is 11.8 Å². The van der Waals surface area contributed by atoms with E-state index in [-0.39, 0.29) is 16.8 Å². The van der Waals surface area contributed by atoms with E-state index in [1.807, 2.05) is 67.6 Å². The molecular formula is C25H27N3O3S2. The average Bonchev–Trinajstić information content (AvgIpc) is 3.40. The van der Waals surface area contributed by atoms with Crippen LogP contribution < -0.4 is 5.32 Å². The summed E-state index contributed by atoms with van der Waals surface area (Å²) in [6.07, 6.45) is 3.16. The number of nitrogens with one attached hydrogen (secondary N) is 1. The first kappa shape index (κ1) is 23.5. The predicted molar refractivity (Wildman–Crippen MR) is 130 cm³/mol. The minimum absolute atomic E-state index is 0.117.